The number of hydrogen-bond donors (Lipinski definition) is 1. The zero-order chi connectivity index (χ0) is 10.1. The van der Waals surface area contributed by atoms with Gasteiger partial charge in [-0.2, -0.15) is 0 Å². The summed E-state index contributed by atoms with van der Waals surface area (Å²) >= 11 is 3.37. The van der Waals surface area contributed by atoms with Crippen LogP contribution in [0.1, 0.15) is 29.6 Å². The van der Waals surface area contributed by atoms with Gasteiger partial charge in [-0.15, -0.1) is 0 Å². The van der Waals surface area contributed by atoms with E-state index in [1.54, 1.807) is 18.2 Å². The molecule has 0 atom stereocenters. The molecule has 74 valence electrons. The van der Waals surface area contributed by atoms with Crippen molar-refractivity contribution in [2.24, 2.45) is 5.92 Å². The maximum atomic E-state index is 11.9. The van der Waals surface area contributed by atoms with E-state index >= 15 is 0 Å². The summed E-state index contributed by atoms with van der Waals surface area (Å²) in [7, 11) is 0. The van der Waals surface area contributed by atoms with E-state index in [0.717, 1.165) is 22.9 Å². The van der Waals surface area contributed by atoms with Gasteiger partial charge in [0.2, 0.25) is 0 Å². The van der Waals surface area contributed by atoms with Crippen molar-refractivity contribution in [3.05, 3.63) is 28.2 Å². The molecule has 0 amide bonds. The van der Waals surface area contributed by atoms with Crippen molar-refractivity contribution >= 4 is 27.4 Å². The number of nitrogen functional groups attached to an aromatic ring is 1. The van der Waals surface area contributed by atoms with E-state index in [0.29, 0.717) is 5.69 Å². The molecule has 0 aromatic heterocycles. The second-order valence-corrected chi connectivity index (χ2v) is 4.59. The average molecular weight is 254 g/mol. The molecule has 1 aromatic rings. The highest BCUT2D eigenvalue weighted by atomic mass is 79.9. The van der Waals surface area contributed by atoms with Crippen molar-refractivity contribution in [2.45, 2.75) is 19.3 Å². The Labute approximate surface area is 91.6 Å². The van der Waals surface area contributed by atoms with E-state index in [4.69, 9.17) is 5.73 Å². The highest BCUT2D eigenvalue weighted by Crippen LogP contribution is 2.32. The predicted octanol–water partition coefficient (Wildman–Crippen LogP) is 3.01. The van der Waals surface area contributed by atoms with Gasteiger partial charge in [-0.3, -0.25) is 4.79 Å². The van der Waals surface area contributed by atoms with E-state index in [-0.39, 0.29) is 11.7 Å². The second kappa shape index (κ2) is 3.73. The molecule has 1 aliphatic rings. The molecule has 0 aliphatic heterocycles. The van der Waals surface area contributed by atoms with Crippen LogP contribution in [-0.2, 0) is 0 Å². The Kier molecular flexibility index (Phi) is 2.59. The monoisotopic (exact) mass is 253 g/mol. The standard InChI is InChI=1S/C11H12BrNO/c12-10-6-8(13)4-5-9(10)11(14)7-2-1-3-7/h4-7H,1-3,13H2. The number of ketones is 1. The Hall–Kier alpha value is -0.830. The molecular weight excluding hydrogens is 242 g/mol. The van der Waals surface area contributed by atoms with Gasteiger partial charge in [0, 0.05) is 21.6 Å². The lowest BCUT2D eigenvalue weighted by Gasteiger charge is -2.24. The van der Waals surface area contributed by atoms with Gasteiger partial charge in [-0.05, 0) is 47.0 Å². The van der Waals surface area contributed by atoms with Gasteiger partial charge in [0.15, 0.2) is 5.78 Å². The SMILES string of the molecule is Nc1ccc(C(=O)C2CCC2)c(Br)c1. The average Bonchev–Trinajstić information content (AvgIpc) is 2.00. The molecule has 0 heterocycles. The highest BCUT2D eigenvalue weighted by Gasteiger charge is 2.27. The van der Waals surface area contributed by atoms with Crippen LogP contribution in [-0.4, -0.2) is 5.78 Å². The molecule has 2 N–H and O–H groups in total. The second-order valence-electron chi connectivity index (χ2n) is 3.73. The van der Waals surface area contributed by atoms with Gasteiger partial charge in [0.05, 0.1) is 0 Å². The maximum absolute atomic E-state index is 11.9. The van der Waals surface area contributed by atoms with Crippen LogP contribution in [0, 0.1) is 5.92 Å². The van der Waals surface area contributed by atoms with E-state index in [2.05, 4.69) is 15.9 Å². The van der Waals surface area contributed by atoms with Crippen molar-refractivity contribution in [1.29, 1.82) is 0 Å². The fraction of sp³-hybridized carbons (Fsp3) is 0.364. The molecule has 3 heteroatoms. The summed E-state index contributed by atoms with van der Waals surface area (Å²) in [6.07, 6.45) is 3.26. The third-order valence-electron chi connectivity index (χ3n) is 2.73. The fourth-order valence-electron chi connectivity index (χ4n) is 1.62. The number of rotatable bonds is 2. The minimum absolute atomic E-state index is 0.245. The topological polar surface area (TPSA) is 43.1 Å². The molecule has 0 unspecified atom stereocenters. The number of anilines is 1. The van der Waals surface area contributed by atoms with Gasteiger partial charge < -0.3 is 5.73 Å². The molecule has 14 heavy (non-hydrogen) atoms. The van der Waals surface area contributed by atoms with E-state index in [1.165, 1.54) is 6.42 Å². The van der Waals surface area contributed by atoms with Crippen LogP contribution < -0.4 is 5.73 Å². The first-order valence-electron chi connectivity index (χ1n) is 4.77. The van der Waals surface area contributed by atoms with Gasteiger partial charge in [-0.1, -0.05) is 6.42 Å². The molecule has 1 saturated carbocycles. The number of halogens is 1. The Morgan fingerprint density at radius 3 is 2.64 bits per heavy atom. The summed E-state index contributed by atoms with van der Waals surface area (Å²) in [5, 5.41) is 0. The third kappa shape index (κ3) is 1.69. The summed E-state index contributed by atoms with van der Waals surface area (Å²) in [6.45, 7) is 0. The van der Waals surface area contributed by atoms with Crippen molar-refractivity contribution in [3.8, 4) is 0 Å². The number of nitrogens with two attached hydrogens (primary N) is 1. The van der Waals surface area contributed by atoms with Crippen LogP contribution in [0.3, 0.4) is 0 Å². The lowest BCUT2D eigenvalue weighted by Crippen LogP contribution is -2.22. The van der Waals surface area contributed by atoms with E-state index < -0.39 is 0 Å². The highest BCUT2D eigenvalue weighted by molar-refractivity contribution is 9.10. The number of carbonyl (C=O) groups excluding carboxylic acids is 1. The van der Waals surface area contributed by atoms with Crippen molar-refractivity contribution in [1.82, 2.24) is 0 Å². The molecule has 1 aromatic carbocycles. The summed E-state index contributed by atoms with van der Waals surface area (Å²) in [4.78, 5) is 11.9. The Morgan fingerprint density at radius 2 is 2.14 bits per heavy atom. The first-order chi connectivity index (χ1) is 6.68. The van der Waals surface area contributed by atoms with Crippen molar-refractivity contribution in [2.75, 3.05) is 5.73 Å². The zero-order valence-electron chi connectivity index (χ0n) is 7.79. The molecule has 0 bridgehead atoms. The first kappa shape index (κ1) is 9.71. The van der Waals surface area contributed by atoms with E-state index in [9.17, 15) is 4.79 Å². The molecule has 2 nitrogen and oxygen atoms in total. The Morgan fingerprint density at radius 1 is 1.43 bits per heavy atom. The molecule has 2 rings (SSSR count). The number of carbonyl (C=O) groups is 1. The smallest absolute Gasteiger partial charge is 0.167 e. The zero-order valence-corrected chi connectivity index (χ0v) is 9.38. The van der Waals surface area contributed by atoms with Gasteiger partial charge >= 0.3 is 0 Å². The molecule has 0 spiro atoms. The minimum Gasteiger partial charge on any atom is -0.399 e. The van der Waals surface area contributed by atoms with Crippen LogP contribution >= 0.6 is 15.9 Å². The third-order valence-corrected chi connectivity index (χ3v) is 3.39. The van der Waals surface area contributed by atoms with Crippen LogP contribution in [0.15, 0.2) is 22.7 Å². The molecule has 0 radical (unpaired) electrons. The summed E-state index contributed by atoms with van der Waals surface area (Å²) in [5.41, 5.74) is 7.06. The normalized spacial score (nSPS) is 16.4. The molecule has 1 fully saturated rings. The van der Waals surface area contributed by atoms with Gasteiger partial charge in [0.1, 0.15) is 0 Å². The van der Waals surface area contributed by atoms with Crippen molar-refractivity contribution in [3.63, 3.8) is 0 Å². The summed E-state index contributed by atoms with van der Waals surface area (Å²) in [6, 6.07) is 5.36. The van der Waals surface area contributed by atoms with E-state index in [1.807, 2.05) is 0 Å². The van der Waals surface area contributed by atoms with Crippen LogP contribution in [0.2, 0.25) is 0 Å². The fourth-order valence-corrected chi connectivity index (χ4v) is 2.21. The Bertz CT molecular complexity index is 372. The summed E-state index contributed by atoms with van der Waals surface area (Å²) < 4.78 is 0.814. The quantitative estimate of drug-likeness (QED) is 0.651. The molecule has 0 saturated heterocycles. The number of hydrogen-bond acceptors (Lipinski definition) is 2. The summed E-state index contributed by atoms with van der Waals surface area (Å²) in [5.74, 6) is 0.498. The Balaban J connectivity index is 2.26. The van der Waals surface area contributed by atoms with Crippen LogP contribution in [0.25, 0.3) is 0 Å². The predicted molar refractivity (Wildman–Crippen MR) is 60.2 cm³/mol. The first-order valence-corrected chi connectivity index (χ1v) is 5.57. The number of Topliss-reactive ketones (excluding diaryl/α,β-unsaturated/α-hetero) is 1. The molecular formula is C11H12BrNO. The lowest BCUT2D eigenvalue weighted by molar-refractivity contribution is 0.0854. The largest absolute Gasteiger partial charge is 0.399 e. The lowest BCUT2D eigenvalue weighted by atomic mass is 9.80. The van der Waals surface area contributed by atoms with Crippen molar-refractivity contribution < 1.29 is 4.79 Å². The van der Waals surface area contributed by atoms with Crippen LogP contribution in [0.4, 0.5) is 5.69 Å². The van der Waals surface area contributed by atoms with Gasteiger partial charge in [-0.25, -0.2) is 0 Å². The van der Waals surface area contributed by atoms with Gasteiger partial charge in [0.25, 0.3) is 0 Å². The maximum Gasteiger partial charge on any atom is 0.167 e. The van der Waals surface area contributed by atoms with Crippen LogP contribution in [0.5, 0.6) is 0 Å². The number of benzene rings is 1. The minimum atomic E-state index is 0.245. The molecule has 1 aliphatic carbocycles.